The summed E-state index contributed by atoms with van der Waals surface area (Å²) in [6, 6.07) is 6.43. The van der Waals surface area contributed by atoms with Crippen LogP contribution in [0.3, 0.4) is 0 Å². The standard InChI is InChI=1S/C21H23FN2O3.C2H6O/c1-20-10-14-11-23-24(17-5-3-16(22)4-6-17)19(14)9-15(20)7-8-21(20)26-13-18(27-21)12-25-2;1-3-2/h3-6,9,11,18H,7-8,10,12-13H2,1-2H3;1-2H3. The molecule has 3 unspecified atom stereocenters. The molecule has 6 nitrogen and oxygen atoms in total. The fourth-order valence-corrected chi connectivity index (χ4v) is 4.84. The van der Waals surface area contributed by atoms with E-state index in [1.807, 2.05) is 10.9 Å². The quantitative estimate of drug-likeness (QED) is 0.762. The minimum atomic E-state index is -0.586. The second-order valence-corrected chi connectivity index (χ2v) is 8.29. The Bertz CT molecular complexity index is 926. The number of hydrogen-bond donors (Lipinski definition) is 0. The number of aromatic nitrogens is 2. The number of halogens is 1. The lowest BCUT2D eigenvalue weighted by molar-refractivity contribution is -0.220. The second kappa shape index (κ2) is 8.23. The Morgan fingerprint density at radius 3 is 2.67 bits per heavy atom. The molecule has 0 amide bonds. The zero-order valence-corrected chi connectivity index (χ0v) is 18.0. The Kier molecular flexibility index (Phi) is 5.81. The molecule has 1 aliphatic heterocycles. The fourth-order valence-electron chi connectivity index (χ4n) is 4.84. The van der Waals surface area contributed by atoms with Gasteiger partial charge in [-0.15, -0.1) is 0 Å². The molecule has 0 radical (unpaired) electrons. The second-order valence-electron chi connectivity index (χ2n) is 8.29. The van der Waals surface area contributed by atoms with Gasteiger partial charge in [0.1, 0.15) is 11.9 Å². The van der Waals surface area contributed by atoms with Crippen LogP contribution in [-0.4, -0.2) is 56.2 Å². The first-order chi connectivity index (χ1) is 14.5. The van der Waals surface area contributed by atoms with E-state index < -0.39 is 5.79 Å². The molecule has 5 rings (SSSR count). The van der Waals surface area contributed by atoms with E-state index in [1.165, 1.54) is 17.7 Å². The highest BCUT2D eigenvalue weighted by Crippen LogP contribution is 2.59. The summed E-state index contributed by atoms with van der Waals surface area (Å²) in [5, 5.41) is 4.56. The first kappa shape index (κ1) is 21.2. The maximum Gasteiger partial charge on any atom is 0.178 e. The molecule has 0 bridgehead atoms. The van der Waals surface area contributed by atoms with Gasteiger partial charge in [-0.3, -0.25) is 0 Å². The Morgan fingerprint density at radius 2 is 1.97 bits per heavy atom. The highest BCUT2D eigenvalue weighted by atomic mass is 19.1. The number of ether oxygens (including phenoxy) is 4. The van der Waals surface area contributed by atoms with Crippen LogP contribution >= 0.6 is 0 Å². The highest BCUT2D eigenvalue weighted by molar-refractivity contribution is 5.62. The molecular weight excluding hydrogens is 387 g/mol. The lowest BCUT2D eigenvalue weighted by Gasteiger charge is -2.41. The third-order valence-corrected chi connectivity index (χ3v) is 6.30. The van der Waals surface area contributed by atoms with Gasteiger partial charge in [0.15, 0.2) is 5.79 Å². The predicted molar refractivity (Wildman–Crippen MR) is 111 cm³/mol. The zero-order chi connectivity index (χ0) is 21.4. The van der Waals surface area contributed by atoms with Crippen LogP contribution in [0.1, 0.15) is 31.0 Å². The Labute approximate surface area is 176 Å². The molecule has 0 N–H and O–H groups in total. The van der Waals surface area contributed by atoms with E-state index >= 15 is 0 Å². The van der Waals surface area contributed by atoms with Gasteiger partial charge in [-0.25, -0.2) is 9.07 Å². The van der Waals surface area contributed by atoms with E-state index in [2.05, 4.69) is 22.8 Å². The van der Waals surface area contributed by atoms with E-state index in [9.17, 15) is 4.39 Å². The van der Waals surface area contributed by atoms with Gasteiger partial charge < -0.3 is 18.9 Å². The van der Waals surface area contributed by atoms with Gasteiger partial charge >= 0.3 is 0 Å². The van der Waals surface area contributed by atoms with Crippen molar-refractivity contribution < 1.29 is 23.3 Å². The van der Waals surface area contributed by atoms with Gasteiger partial charge in [0.05, 0.1) is 30.8 Å². The number of benzene rings is 1. The lowest BCUT2D eigenvalue weighted by Crippen LogP contribution is -2.46. The van der Waals surface area contributed by atoms with E-state index in [-0.39, 0.29) is 17.3 Å². The summed E-state index contributed by atoms with van der Waals surface area (Å²) in [7, 11) is 4.94. The van der Waals surface area contributed by atoms with E-state index in [1.54, 1.807) is 33.5 Å². The zero-order valence-electron chi connectivity index (χ0n) is 18.0. The molecule has 30 heavy (non-hydrogen) atoms. The molecule has 1 saturated heterocycles. The van der Waals surface area contributed by atoms with Crippen molar-refractivity contribution in [3.63, 3.8) is 0 Å². The maximum absolute atomic E-state index is 13.3. The summed E-state index contributed by atoms with van der Waals surface area (Å²) in [5.41, 5.74) is 4.21. The molecule has 7 heteroatoms. The summed E-state index contributed by atoms with van der Waals surface area (Å²) in [6.07, 6.45) is 6.71. The van der Waals surface area contributed by atoms with Crippen molar-refractivity contribution in [1.82, 2.24) is 9.78 Å². The van der Waals surface area contributed by atoms with Crippen LogP contribution in [-0.2, 0) is 25.4 Å². The van der Waals surface area contributed by atoms with Gasteiger partial charge in [0, 0.05) is 33.2 Å². The van der Waals surface area contributed by atoms with Crippen molar-refractivity contribution in [3.05, 3.63) is 53.1 Å². The van der Waals surface area contributed by atoms with Gasteiger partial charge in [-0.05, 0) is 48.7 Å². The third kappa shape index (κ3) is 3.39. The Morgan fingerprint density at radius 1 is 1.23 bits per heavy atom. The first-order valence-electron chi connectivity index (χ1n) is 10.2. The van der Waals surface area contributed by atoms with Crippen molar-refractivity contribution in [2.24, 2.45) is 5.41 Å². The summed E-state index contributed by atoms with van der Waals surface area (Å²) in [6.45, 7) is 3.35. The van der Waals surface area contributed by atoms with Crippen molar-refractivity contribution in [3.8, 4) is 5.69 Å². The molecular formula is C23H29FN2O4. The lowest BCUT2D eigenvalue weighted by atomic mass is 9.72. The fraction of sp³-hybridized carbons (Fsp3) is 0.522. The molecule has 1 aromatic carbocycles. The Hall–Kier alpha value is -2.06. The number of hydrogen-bond acceptors (Lipinski definition) is 5. The molecule has 1 aromatic heterocycles. The first-order valence-corrected chi connectivity index (χ1v) is 10.2. The summed E-state index contributed by atoms with van der Waals surface area (Å²) in [4.78, 5) is 0. The largest absolute Gasteiger partial charge is 0.388 e. The molecule has 3 atom stereocenters. The molecule has 2 aromatic rings. The minimum absolute atomic E-state index is 0.0190. The van der Waals surface area contributed by atoms with Gasteiger partial charge in [-0.1, -0.05) is 12.5 Å². The summed E-state index contributed by atoms with van der Waals surface area (Å²) >= 11 is 0. The van der Waals surface area contributed by atoms with Crippen LogP contribution in [0.25, 0.3) is 11.8 Å². The number of methoxy groups -OCH3 is 2. The van der Waals surface area contributed by atoms with Crippen LogP contribution in [0.2, 0.25) is 0 Å². The molecule has 162 valence electrons. The molecule has 2 aliphatic carbocycles. The average Bonchev–Trinajstić information content (AvgIpc) is 3.39. The third-order valence-electron chi connectivity index (χ3n) is 6.30. The number of rotatable bonds is 3. The van der Waals surface area contributed by atoms with Crippen LogP contribution in [0.5, 0.6) is 0 Å². The summed E-state index contributed by atoms with van der Waals surface area (Å²) in [5.74, 6) is -0.831. The maximum atomic E-state index is 13.3. The Balaban J connectivity index is 0.000000687. The number of nitrogens with zero attached hydrogens (tertiary/aromatic N) is 2. The molecule has 3 aliphatic rings. The van der Waals surface area contributed by atoms with Gasteiger partial charge in [0.2, 0.25) is 0 Å². The van der Waals surface area contributed by atoms with Crippen LogP contribution in [0.4, 0.5) is 4.39 Å². The van der Waals surface area contributed by atoms with E-state index in [0.29, 0.717) is 13.2 Å². The normalized spacial score (nSPS) is 29.2. The summed E-state index contributed by atoms with van der Waals surface area (Å²) < 4.78 is 37.3. The molecule has 2 heterocycles. The van der Waals surface area contributed by atoms with Crippen LogP contribution < -0.4 is 0 Å². The van der Waals surface area contributed by atoms with Gasteiger partial charge in [-0.2, -0.15) is 5.10 Å². The predicted octanol–water partition coefficient (Wildman–Crippen LogP) is 3.77. The van der Waals surface area contributed by atoms with Crippen molar-refractivity contribution >= 4 is 6.08 Å². The van der Waals surface area contributed by atoms with E-state index in [0.717, 1.165) is 36.2 Å². The minimum Gasteiger partial charge on any atom is -0.388 e. The monoisotopic (exact) mass is 416 g/mol. The molecule has 2 fully saturated rings. The smallest absolute Gasteiger partial charge is 0.178 e. The van der Waals surface area contributed by atoms with Crippen molar-refractivity contribution in [2.75, 3.05) is 34.5 Å². The molecule has 1 spiro atoms. The molecule has 1 saturated carbocycles. The van der Waals surface area contributed by atoms with Crippen molar-refractivity contribution in [2.45, 2.75) is 38.1 Å². The van der Waals surface area contributed by atoms with Crippen LogP contribution in [0, 0.1) is 11.2 Å². The highest BCUT2D eigenvalue weighted by Gasteiger charge is 2.61. The number of fused-ring (bicyclic) bond motifs is 3. The van der Waals surface area contributed by atoms with Crippen LogP contribution in [0.15, 0.2) is 36.0 Å². The van der Waals surface area contributed by atoms with E-state index in [4.69, 9.17) is 14.2 Å². The van der Waals surface area contributed by atoms with Gasteiger partial charge in [0.25, 0.3) is 0 Å². The van der Waals surface area contributed by atoms with Crippen molar-refractivity contribution in [1.29, 1.82) is 0 Å². The topological polar surface area (TPSA) is 54.7 Å². The SMILES string of the molecule is COC.COCC1COC2(CCC3=Cc4c(cnn4-c4ccc(F)cc4)CC32C)O1. The average molecular weight is 416 g/mol.